The first-order valence-electron chi connectivity index (χ1n) is 8.15. The molecule has 2 N–H and O–H groups in total. The Labute approximate surface area is 151 Å². The van der Waals surface area contributed by atoms with Crippen molar-refractivity contribution in [1.82, 2.24) is 5.32 Å². The summed E-state index contributed by atoms with van der Waals surface area (Å²) in [6.07, 6.45) is -0.942. The van der Waals surface area contributed by atoms with Crippen LogP contribution in [0.5, 0.6) is 0 Å². The van der Waals surface area contributed by atoms with Gasteiger partial charge >= 0.3 is 0 Å². The van der Waals surface area contributed by atoms with Crippen LogP contribution in [-0.2, 0) is 4.79 Å². The maximum Gasteiger partial charge on any atom is 0.269 e. The van der Waals surface area contributed by atoms with Crippen LogP contribution in [0.3, 0.4) is 0 Å². The highest BCUT2D eigenvalue weighted by atomic mass is 19.3. The fourth-order valence-electron chi connectivity index (χ4n) is 2.17. The standard InChI is InChI=1S/C20H19F2NO3/c1-13(24)17(20(2,26)19(21)22)23-18(25)16-11-9-15(10-12-16)6-4-3-5-14-7-8-14/h9-12,14,17,19,26H,7-8H2,1-2H3,(H,23,25)/t17-,20+/m1/s1. The van der Waals surface area contributed by atoms with E-state index in [-0.39, 0.29) is 5.56 Å². The fourth-order valence-corrected chi connectivity index (χ4v) is 2.17. The zero-order valence-corrected chi connectivity index (χ0v) is 14.5. The van der Waals surface area contributed by atoms with Crippen LogP contribution in [0.4, 0.5) is 8.78 Å². The Bertz CT molecular complexity index is 803. The first-order chi connectivity index (χ1) is 12.2. The molecule has 0 bridgehead atoms. The number of carbonyl (C=O) groups is 2. The molecule has 26 heavy (non-hydrogen) atoms. The van der Waals surface area contributed by atoms with Gasteiger partial charge in [0.25, 0.3) is 12.3 Å². The van der Waals surface area contributed by atoms with Crippen LogP contribution >= 0.6 is 0 Å². The summed E-state index contributed by atoms with van der Waals surface area (Å²) in [5.41, 5.74) is -1.85. The van der Waals surface area contributed by atoms with Crippen molar-refractivity contribution >= 4 is 11.7 Å². The molecule has 2 atom stereocenters. The summed E-state index contributed by atoms with van der Waals surface area (Å²) < 4.78 is 25.9. The number of hydrogen-bond donors (Lipinski definition) is 2. The summed E-state index contributed by atoms with van der Waals surface area (Å²) in [6.45, 7) is 1.84. The molecule has 0 spiro atoms. The minimum Gasteiger partial charge on any atom is -0.382 e. The molecule has 1 aromatic rings. The van der Waals surface area contributed by atoms with Crippen molar-refractivity contribution < 1.29 is 23.5 Å². The highest BCUT2D eigenvalue weighted by Crippen LogP contribution is 2.27. The van der Waals surface area contributed by atoms with E-state index in [1.54, 1.807) is 12.1 Å². The lowest BCUT2D eigenvalue weighted by molar-refractivity contribution is -0.138. The number of benzene rings is 1. The second-order valence-corrected chi connectivity index (χ2v) is 6.41. The van der Waals surface area contributed by atoms with Crippen LogP contribution in [-0.4, -0.2) is 34.9 Å². The Balaban J connectivity index is 2.06. The minimum absolute atomic E-state index is 0.163. The lowest BCUT2D eigenvalue weighted by atomic mass is 9.93. The Morgan fingerprint density at radius 3 is 2.35 bits per heavy atom. The highest BCUT2D eigenvalue weighted by Gasteiger charge is 2.44. The zero-order chi connectivity index (χ0) is 19.3. The van der Waals surface area contributed by atoms with Crippen molar-refractivity contribution in [1.29, 1.82) is 0 Å². The van der Waals surface area contributed by atoms with Gasteiger partial charge < -0.3 is 10.4 Å². The molecule has 1 aliphatic carbocycles. The number of Topliss-reactive ketones (excluding diaryl/α,β-unsaturated/α-hetero) is 1. The normalized spacial score (nSPS) is 16.4. The van der Waals surface area contributed by atoms with Crippen LogP contribution < -0.4 is 5.32 Å². The quantitative estimate of drug-likeness (QED) is 0.792. The van der Waals surface area contributed by atoms with Crippen LogP contribution in [0, 0.1) is 29.6 Å². The zero-order valence-electron chi connectivity index (χ0n) is 14.5. The molecule has 0 aromatic heterocycles. The van der Waals surface area contributed by atoms with Gasteiger partial charge in [0.15, 0.2) is 5.78 Å². The molecule has 1 amide bonds. The molecule has 136 valence electrons. The van der Waals surface area contributed by atoms with Gasteiger partial charge in [0, 0.05) is 17.0 Å². The van der Waals surface area contributed by atoms with E-state index in [1.807, 2.05) is 0 Å². The number of hydrogen-bond acceptors (Lipinski definition) is 3. The van der Waals surface area contributed by atoms with E-state index >= 15 is 0 Å². The predicted octanol–water partition coefficient (Wildman–Crippen LogP) is 2.16. The maximum atomic E-state index is 13.0. The van der Waals surface area contributed by atoms with Crippen LogP contribution in [0.1, 0.15) is 42.6 Å². The minimum atomic E-state index is -3.19. The summed E-state index contributed by atoms with van der Waals surface area (Å²) >= 11 is 0. The molecule has 1 aliphatic rings. The molecular formula is C20H19F2NO3. The molecule has 0 heterocycles. The summed E-state index contributed by atoms with van der Waals surface area (Å²) in [5, 5.41) is 12.0. The second-order valence-electron chi connectivity index (χ2n) is 6.41. The van der Waals surface area contributed by atoms with Crippen molar-refractivity contribution in [3.05, 3.63) is 35.4 Å². The smallest absolute Gasteiger partial charge is 0.269 e. The van der Waals surface area contributed by atoms with Crippen LogP contribution in [0.25, 0.3) is 0 Å². The third-order valence-electron chi connectivity index (χ3n) is 3.98. The van der Waals surface area contributed by atoms with Crippen molar-refractivity contribution in [2.24, 2.45) is 5.92 Å². The van der Waals surface area contributed by atoms with E-state index in [1.165, 1.54) is 12.1 Å². The van der Waals surface area contributed by atoms with E-state index in [4.69, 9.17) is 0 Å². The number of carbonyl (C=O) groups excluding carboxylic acids is 2. The first-order valence-corrected chi connectivity index (χ1v) is 8.15. The van der Waals surface area contributed by atoms with Gasteiger partial charge in [-0.2, -0.15) is 0 Å². The van der Waals surface area contributed by atoms with E-state index in [9.17, 15) is 23.5 Å². The average molecular weight is 359 g/mol. The lowest BCUT2D eigenvalue weighted by Crippen LogP contribution is -2.58. The van der Waals surface area contributed by atoms with E-state index < -0.39 is 29.8 Å². The Morgan fingerprint density at radius 1 is 1.23 bits per heavy atom. The molecule has 1 saturated carbocycles. The highest BCUT2D eigenvalue weighted by molar-refractivity contribution is 5.98. The Hall–Kier alpha value is -2.70. The van der Waals surface area contributed by atoms with Crippen molar-refractivity contribution in [3.63, 3.8) is 0 Å². The van der Waals surface area contributed by atoms with Gasteiger partial charge in [-0.05, 0) is 62.8 Å². The SMILES string of the molecule is CC(=O)[C@@H](NC(=O)c1ccc(C#CC#CC2CC2)cc1)[C@](C)(O)C(F)F. The molecule has 0 saturated heterocycles. The molecule has 0 radical (unpaired) electrons. The van der Waals surface area contributed by atoms with Gasteiger partial charge in [0.05, 0.1) is 0 Å². The van der Waals surface area contributed by atoms with Gasteiger partial charge in [-0.1, -0.05) is 11.8 Å². The molecule has 1 fully saturated rings. The molecule has 6 heteroatoms. The van der Waals surface area contributed by atoms with Gasteiger partial charge in [0.1, 0.15) is 11.6 Å². The van der Waals surface area contributed by atoms with Gasteiger partial charge in [-0.3, -0.25) is 9.59 Å². The number of nitrogens with one attached hydrogen (secondary N) is 1. The Morgan fingerprint density at radius 2 is 1.85 bits per heavy atom. The molecule has 0 aliphatic heterocycles. The van der Waals surface area contributed by atoms with Gasteiger partial charge in [-0.15, -0.1) is 0 Å². The topological polar surface area (TPSA) is 66.4 Å². The van der Waals surface area contributed by atoms with Crippen molar-refractivity contribution in [2.75, 3.05) is 0 Å². The predicted molar refractivity (Wildman–Crippen MR) is 92.4 cm³/mol. The summed E-state index contributed by atoms with van der Waals surface area (Å²) in [4.78, 5) is 23.8. The monoisotopic (exact) mass is 359 g/mol. The lowest BCUT2D eigenvalue weighted by Gasteiger charge is -2.30. The average Bonchev–Trinajstić information content (AvgIpc) is 3.40. The summed E-state index contributed by atoms with van der Waals surface area (Å²) in [5.74, 6) is 10.3. The van der Waals surface area contributed by atoms with Crippen LogP contribution in [0.2, 0.25) is 0 Å². The first kappa shape index (κ1) is 19.6. The summed E-state index contributed by atoms with van der Waals surface area (Å²) in [6, 6.07) is 4.39. The number of rotatable bonds is 5. The fraction of sp³-hybridized carbons (Fsp3) is 0.400. The van der Waals surface area contributed by atoms with Gasteiger partial charge in [-0.25, -0.2) is 8.78 Å². The molecule has 2 rings (SSSR count). The molecule has 4 nitrogen and oxygen atoms in total. The number of amides is 1. The van der Waals surface area contributed by atoms with E-state index in [0.717, 1.165) is 26.7 Å². The number of halogens is 2. The third-order valence-corrected chi connectivity index (χ3v) is 3.98. The van der Waals surface area contributed by atoms with Crippen molar-refractivity contribution in [3.8, 4) is 23.7 Å². The summed E-state index contributed by atoms with van der Waals surface area (Å²) in [7, 11) is 0. The number of ketones is 1. The third kappa shape index (κ3) is 5.15. The Kier molecular flexibility index (Phi) is 6.13. The number of alkyl halides is 2. The molecule has 1 aromatic carbocycles. The molecular weight excluding hydrogens is 340 g/mol. The number of aliphatic hydroxyl groups is 1. The van der Waals surface area contributed by atoms with E-state index in [0.29, 0.717) is 11.5 Å². The largest absolute Gasteiger partial charge is 0.382 e. The van der Waals surface area contributed by atoms with Gasteiger partial charge in [0.2, 0.25) is 0 Å². The second kappa shape index (κ2) is 8.12. The van der Waals surface area contributed by atoms with E-state index in [2.05, 4.69) is 29.0 Å². The molecule has 0 unspecified atom stereocenters. The maximum absolute atomic E-state index is 13.0. The van der Waals surface area contributed by atoms with Crippen molar-refractivity contribution in [2.45, 2.75) is 44.8 Å². The van der Waals surface area contributed by atoms with Crippen LogP contribution in [0.15, 0.2) is 24.3 Å².